The number of aliphatic hydroxyl groups excluding tert-OH is 2. The van der Waals surface area contributed by atoms with Gasteiger partial charge in [-0.3, -0.25) is 4.79 Å². The minimum atomic E-state index is -0.321. The molecular formula is C11H16N2O4. The number of carbonyl (C=O) groups is 1. The molecule has 0 aliphatic rings. The molecule has 1 aromatic rings. The number of nitrogens with zero attached hydrogens (tertiary/aromatic N) is 2. The van der Waals surface area contributed by atoms with Gasteiger partial charge in [-0.25, -0.2) is 4.98 Å². The van der Waals surface area contributed by atoms with Crippen LogP contribution in [0.3, 0.4) is 0 Å². The number of pyridine rings is 1. The Morgan fingerprint density at radius 1 is 1.41 bits per heavy atom. The van der Waals surface area contributed by atoms with Gasteiger partial charge in [0.2, 0.25) is 5.88 Å². The van der Waals surface area contributed by atoms with Gasteiger partial charge in [0.05, 0.1) is 20.3 Å². The van der Waals surface area contributed by atoms with Crippen LogP contribution in [0.25, 0.3) is 0 Å². The van der Waals surface area contributed by atoms with Crippen LogP contribution in [0, 0.1) is 0 Å². The first-order valence-electron chi connectivity index (χ1n) is 5.24. The van der Waals surface area contributed by atoms with Crippen LogP contribution >= 0.6 is 0 Å². The van der Waals surface area contributed by atoms with Crippen molar-refractivity contribution in [2.24, 2.45) is 0 Å². The predicted molar refractivity (Wildman–Crippen MR) is 60.9 cm³/mol. The molecule has 17 heavy (non-hydrogen) atoms. The van der Waals surface area contributed by atoms with Gasteiger partial charge in [-0.1, -0.05) is 0 Å². The molecule has 1 heterocycles. The number of ether oxygens (including phenoxy) is 1. The van der Waals surface area contributed by atoms with E-state index in [0.717, 1.165) is 0 Å². The zero-order valence-corrected chi connectivity index (χ0v) is 9.67. The molecule has 94 valence electrons. The van der Waals surface area contributed by atoms with Crippen LogP contribution in [0.4, 0.5) is 0 Å². The van der Waals surface area contributed by atoms with Crippen LogP contribution in [-0.2, 0) is 0 Å². The molecule has 6 heteroatoms. The number of methoxy groups -OCH3 is 1. The molecule has 2 N–H and O–H groups in total. The van der Waals surface area contributed by atoms with E-state index in [9.17, 15) is 4.79 Å². The van der Waals surface area contributed by atoms with Crippen molar-refractivity contribution in [3.05, 3.63) is 23.9 Å². The standard InChI is InChI=1S/C11H16N2O4/c1-17-10-9(3-2-4-12-10)11(16)13(5-7-14)6-8-15/h2-4,14-15H,5-8H2,1H3. The second kappa shape index (κ2) is 6.82. The molecule has 1 aromatic heterocycles. The smallest absolute Gasteiger partial charge is 0.259 e. The van der Waals surface area contributed by atoms with Gasteiger partial charge < -0.3 is 19.8 Å². The Bertz CT molecular complexity index is 364. The molecule has 0 spiro atoms. The third-order valence-electron chi connectivity index (χ3n) is 2.22. The van der Waals surface area contributed by atoms with Gasteiger partial charge in [0.25, 0.3) is 5.91 Å². The lowest BCUT2D eigenvalue weighted by molar-refractivity contribution is 0.0680. The summed E-state index contributed by atoms with van der Waals surface area (Å²) in [6.45, 7) is 0.0114. The summed E-state index contributed by atoms with van der Waals surface area (Å²) in [7, 11) is 1.43. The van der Waals surface area contributed by atoms with Crippen molar-refractivity contribution in [1.82, 2.24) is 9.88 Å². The lowest BCUT2D eigenvalue weighted by atomic mass is 10.2. The van der Waals surface area contributed by atoms with Crippen LogP contribution in [0.15, 0.2) is 18.3 Å². The Labute approximate surface area is 99.5 Å². The number of rotatable bonds is 6. The molecule has 0 atom stereocenters. The quantitative estimate of drug-likeness (QED) is 0.701. The summed E-state index contributed by atoms with van der Waals surface area (Å²) in [5.41, 5.74) is 0.317. The highest BCUT2D eigenvalue weighted by molar-refractivity contribution is 5.96. The van der Waals surface area contributed by atoms with E-state index in [1.54, 1.807) is 12.1 Å². The molecule has 1 amide bonds. The van der Waals surface area contributed by atoms with E-state index in [1.807, 2.05) is 0 Å². The van der Waals surface area contributed by atoms with Crippen molar-refractivity contribution in [2.45, 2.75) is 0 Å². The maximum absolute atomic E-state index is 12.1. The van der Waals surface area contributed by atoms with Gasteiger partial charge in [-0.05, 0) is 12.1 Å². The first-order valence-corrected chi connectivity index (χ1v) is 5.24. The van der Waals surface area contributed by atoms with Crippen molar-refractivity contribution >= 4 is 5.91 Å². The molecule has 0 aliphatic heterocycles. The van der Waals surface area contributed by atoms with Crippen LogP contribution in [0.5, 0.6) is 5.88 Å². The highest BCUT2D eigenvalue weighted by atomic mass is 16.5. The third-order valence-corrected chi connectivity index (χ3v) is 2.22. The first-order chi connectivity index (χ1) is 8.24. The fourth-order valence-corrected chi connectivity index (χ4v) is 1.44. The fraction of sp³-hybridized carbons (Fsp3) is 0.455. The topological polar surface area (TPSA) is 82.9 Å². The number of carbonyl (C=O) groups excluding carboxylic acids is 1. The Balaban J connectivity index is 2.92. The zero-order valence-electron chi connectivity index (χ0n) is 9.67. The molecular weight excluding hydrogens is 224 g/mol. The van der Waals surface area contributed by atoms with E-state index < -0.39 is 0 Å². The summed E-state index contributed by atoms with van der Waals surface area (Å²) in [6.07, 6.45) is 1.53. The van der Waals surface area contributed by atoms with Gasteiger partial charge in [0.15, 0.2) is 0 Å². The number of aliphatic hydroxyl groups is 2. The molecule has 0 saturated carbocycles. The summed E-state index contributed by atoms with van der Waals surface area (Å²) in [5.74, 6) is -0.0866. The van der Waals surface area contributed by atoms with E-state index in [4.69, 9.17) is 14.9 Å². The Kier molecular flexibility index (Phi) is 5.38. The van der Waals surface area contributed by atoms with E-state index in [2.05, 4.69) is 4.98 Å². The minimum Gasteiger partial charge on any atom is -0.480 e. The largest absolute Gasteiger partial charge is 0.480 e. The summed E-state index contributed by atoms with van der Waals surface area (Å²) in [5, 5.41) is 17.7. The Morgan fingerprint density at radius 3 is 2.59 bits per heavy atom. The van der Waals surface area contributed by atoms with Crippen LogP contribution < -0.4 is 4.74 Å². The number of amides is 1. The van der Waals surface area contributed by atoms with Crippen LogP contribution in [-0.4, -0.2) is 59.4 Å². The van der Waals surface area contributed by atoms with Gasteiger partial charge >= 0.3 is 0 Å². The van der Waals surface area contributed by atoms with Crippen molar-refractivity contribution in [1.29, 1.82) is 0 Å². The average Bonchev–Trinajstić information content (AvgIpc) is 2.37. The first kappa shape index (κ1) is 13.4. The maximum atomic E-state index is 12.1. The van der Waals surface area contributed by atoms with Gasteiger partial charge in [-0.15, -0.1) is 0 Å². The molecule has 0 unspecified atom stereocenters. The monoisotopic (exact) mass is 240 g/mol. The van der Waals surface area contributed by atoms with Gasteiger partial charge in [0.1, 0.15) is 5.56 Å². The van der Waals surface area contributed by atoms with Crippen molar-refractivity contribution < 1.29 is 19.7 Å². The molecule has 6 nitrogen and oxygen atoms in total. The van der Waals surface area contributed by atoms with Crippen molar-refractivity contribution in [2.75, 3.05) is 33.4 Å². The lowest BCUT2D eigenvalue weighted by Crippen LogP contribution is -2.36. The normalized spacial score (nSPS) is 10.1. The molecule has 0 fully saturated rings. The molecule has 0 saturated heterocycles. The Morgan fingerprint density at radius 2 is 2.06 bits per heavy atom. The van der Waals surface area contributed by atoms with E-state index in [1.165, 1.54) is 18.2 Å². The molecule has 0 bridgehead atoms. The average molecular weight is 240 g/mol. The van der Waals surface area contributed by atoms with Crippen LogP contribution in [0.2, 0.25) is 0 Å². The fourth-order valence-electron chi connectivity index (χ4n) is 1.44. The summed E-state index contributed by atoms with van der Waals surface area (Å²) in [4.78, 5) is 17.4. The SMILES string of the molecule is COc1ncccc1C(=O)N(CCO)CCO. The summed E-state index contributed by atoms with van der Waals surface area (Å²) in [6, 6.07) is 3.22. The van der Waals surface area contributed by atoms with Gasteiger partial charge in [-0.2, -0.15) is 0 Å². The second-order valence-electron chi connectivity index (χ2n) is 3.30. The summed E-state index contributed by atoms with van der Waals surface area (Å²) >= 11 is 0. The zero-order chi connectivity index (χ0) is 12.7. The molecule has 0 radical (unpaired) electrons. The van der Waals surface area contributed by atoms with E-state index in [0.29, 0.717) is 5.56 Å². The predicted octanol–water partition coefficient (Wildman–Crippen LogP) is -0.483. The maximum Gasteiger partial charge on any atom is 0.259 e. The second-order valence-corrected chi connectivity index (χ2v) is 3.30. The van der Waals surface area contributed by atoms with Gasteiger partial charge in [0, 0.05) is 19.3 Å². The highest BCUT2D eigenvalue weighted by Crippen LogP contribution is 2.15. The molecule has 0 aromatic carbocycles. The summed E-state index contributed by atoms with van der Waals surface area (Å²) < 4.78 is 4.99. The van der Waals surface area contributed by atoms with Crippen LogP contribution in [0.1, 0.15) is 10.4 Å². The minimum absolute atomic E-state index is 0.158. The Hall–Kier alpha value is -1.66. The van der Waals surface area contributed by atoms with Crippen molar-refractivity contribution in [3.63, 3.8) is 0 Å². The molecule has 1 rings (SSSR count). The third kappa shape index (κ3) is 3.40. The van der Waals surface area contributed by atoms with E-state index in [-0.39, 0.29) is 38.1 Å². The lowest BCUT2D eigenvalue weighted by Gasteiger charge is -2.21. The van der Waals surface area contributed by atoms with E-state index >= 15 is 0 Å². The highest BCUT2D eigenvalue weighted by Gasteiger charge is 2.19. The van der Waals surface area contributed by atoms with Crippen molar-refractivity contribution in [3.8, 4) is 5.88 Å². The number of hydrogen-bond acceptors (Lipinski definition) is 5. The number of aromatic nitrogens is 1. The number of hydrogen-bond donors (Lipinski definition) is 2. The molecule has 0 aliphatic carbocycles.